The standard InChI is InChI=1S/C32H42BF3N6O5/c1-31(2)22-8-7-19(14-23(22)33(46)47-31)40-30(45)25(13-17-3-5-18(6-4-17)32(34,35)36)41-29(44)24(39)9-12-28(43)42-26-10-11-27(42)21(16-38)20(26)15-37/h3-8,14,20-21,24-27,46H,9-13,15-16,37-39H2,1-2H3,(H,40,45)(H,41,44). The predicted octanol–water partition coefficient (Wildman–Crippen LogP) is 0.955. The number of alkyl halides is 3. The first kappa shape index (κ1) is 34.8. The van der Waals surface area contributed by atoms with E-state index in [4.69, 9.17) is 21.9 Å². The highest BCUT2D eigenvalue weighted by atomic mass is 19.4. The summed E-state index contributed by atoms with van der Waals surface area (Å²) in [5, 5.41) is 15.7. The lowest BCUT2D eigenvalue weighted by Gasteiger charge is -2.25. The molecule has 2 bridgehead atoms. The van der Waals surface area contributed by atoms with Crippen molar-refractivity contribution >= 4 is 36.0 Å². The SMILES string of the molecule is CC1(C)OB(O)c2cc(NC(=O)C(Cc3ccc(C(F)(F)F)cc3)NC(=O)C(N)CCC(=O)N3C4CCC3C(CN)C4CN)ccc21. The molecule has 2 fully saturated rings. The van der Waals surface area contributed by atoms with Crippen molar-refractivity contribution < 1.29 is 37.2 Å². The smallest absolute Gasteiger partial charge is 0.423 e. The third-order valence-electron chi connectivity index (χ3n) is 9.84. The van der Waals surface area contributed by atoms with Crippen molar-refractivity contribution in [2.45, 2.75) is 81.9 Å². The molecule has 3 amide bonds. The van der Waals surface area contributed by atoms with Gasteiger partial charge in [-0.1, -0.05) is 18.2 Å². The van der Waals surface area contributed by atoms with Crippen LogP contribution in [-0.4, -0.2) is 72.0 Å². The third-order valence-corrected chi connectivity index (χ3v) is 9.84. The first-order valence-electron chi connectivity index (χ1n) is 15.9. The Balaban J connectivity index is 1.27. The number of carbonyl (C=O) groups excluding carboxylic acids is 3. The summed E-state index contributed by atoms with van der Waals surface area (Å²) in [6.45, 7) is 4.48. The Kier molecular flexibility index (Phi) is 10.0. The number of rotatable bonds is 11. The fourth-order valence-electron chi connectivity index (χ4n) is 7.43. The predicted molar refractivity (Wildman–Crippen MR) is 170 cm³/mol. The Bertz CT molecular complexity index is 1470. The van der Waals surface area contributed by atoms with E-state index in [1.165, 1.54) is 12.1 Å². The molecule has 15 heteroatoms. The van der Waals surface area contributed by atoms with Gasteiger partial charge in [0.25, 0.3) is 0 Å². The molecular weight excluding hydrogens is 616 g/mol. The summed E-state index contributed by atoms with van der Waals surface area (Å²) in [6.07, 6.45) is -2.92. The normalized spacial score (nSPS) is 24.2. The third kappa shape index (κ3) is 7.19. The number of hydrogen-bond donors (Lipinski definition) is 6. The fourth-order valence-corrected chi connectivity index (χ4v) is 7.43. The second-order valence-corrected chi connectivity index (χ2v) is 13.2. The van der Waals surface area contributed by atoms with E-state index in [-0.39, 0.29) is 49.1 Å². The number of amides is 3. The summed E-state index contributed by atoms with van der Waals surface area (Å²) in [4.78, 5) is 41.9. The van der Waals surface area contributed by atoms with Gasteiger partial charge in [-0.2, -0.15) is 13.2 Å². The van der Waals surface area contributed by atoms with Crippen molar-refractivity contribution in [2.24, 2.45) is 29.0 Å². The summed E-state index contributed by atoms with van der Waals surface area (Å²) in [5.74, 6) is -1.19. The summed E-state index contributed by atoms with van der Waals surface area (Å²) < 4.78 is 45.0. The van der Waals surface area contributed by atoms with Crippen molar-refractivity contribution in [3.05, 3.63) is 59.2 Å². The van der Waals surface area contributed by atoms with Crippen molar-refractivity contribution in [3.8, 4) is 0 Å². The quantitative estimate of drug-likeness (QED) is 0.193. The molecule has 47 heavy (non-hydrogen) atoms. The highest BCUT2D eigenvalue weighted by Gasteiger charge is 2.53. The molecule has 0 saturated carbocycles. The first-order valence-corrected chi connectivity index (χ1v) is 15.9. The number of anilines is 1. The highest BCUT2D eigenvalue weighted by molar-refractivity contribution is 6.62. The average Bonchev–Trinajstić information content (AvgIpc) is 3.65. The Hall–Kier alpha value is -3.50. The van der Waals surface area contributed by atoms with Crippen molar-refractivity contribution in [1.82, 2.24) is 10.2 Å². The second-order valence-electron chi connectivity index (χ2n) is 13.2. The van der Waals surface area contributed by atoms with Gasteiger partial charge in [0.15, 0.2) is 0 Å². The molecule has 6 unspecified atom stereocenters. The Morgan fingerprint density at radius 1 is 1.04 bits per heavy atom. The van der Waals surface area contributed by atoms with Crippen LogP contribution < -0.4 is 33.3 Å². The van der Waals surface area contributed by atoms with E-state index < -0.39 is 48.4 Å². The van der Waals surface area contributed by atoms with Gasteiger partial charge in [-0.25, -0.2) is 0 Å². The van der Waals surface area contributed by atoms with Crippen molar-refractivity contribution in [3.63, 3.8) is 0 Å². The van der Waals surface area contributed by atoms with E-state index in [2.05, 4.69) is 10.6 Å². The molecule has 6 atom stereocenters. The van der Waals surface area contributed by atoms with E-state index in [1.807, 2.05) is 4.90 Å². The molecule has 9 N–H and O–H groups in total. The minimum absolute atomic E-state index is 0.0157. The zero-order valence-electron chi connectivity index (χ0n) is 26.4. The molecule has 5 rings (SSSR count). The number of nitrogens with one attached hydrogen (secondary N) is 2. The van der Waals surface area contributed by atoms with Crippen LogP contribution in [-0.2, 0) is 37.2 Å². The minimum Gasteiger partial charge on any atom is -0.423 e. The van der Waals surface area contributed by atoms with Crippen LogP contribution in [0.15, 0.2) is 42.5 Å². The monoisotopic (exact) mass is 658 g/mol. The molecule has 3 heterocycles. The molecule has 2 saturated heterocycles. The van der Waals surface area contributed by atoms with Gasteiger partial charge in [-0.15, -0.1) is 0 Å². The summed E-state index contributed by atoms with van der Waals surface area (Å²) in [6, 6.07) is 6.89. The number of benzene rings is 2. The van der Waals surface area contributed by atoms with Gasteiger partial charge in [-0.05, 0) is 98.9 Å². The van der Waals surface area contributed by atoms with Crippen LogP contribution in [0, 0.1) is 11.8 Å². The lowest BCUT2D eigenvalue weighted by atomic mass is 9.78. The first-order chi connectivity index (χ1) is 22.1. The summed E-state index contributed by atoms with van der Waals surface area (Å²) in [7, 11) is -1.20. The van der Waals surface area contributed by atoms with Crippen LogP contribution >= 0.6 is 0 Å². The summed E-state index contributed by atoms with van der Waals surface area (Å²) >= 11 is 0. The maximum absolute atomic E-state index is 13.5. The zero-order chi connectivity index (χ0) is 34.3. The van der Waals surface area contributed by atoms with Crippen LogP contribution in [0.1, 0.15) is 56.2 Å². The number of hydrogen-bond acceptors (Lipinski definition) is 8. The largest absolute Gasteiger partial charge is 0.492 e. The number of nitrogens with two attached hydrogens (primary N) is 3. The molecule has 0 aromatic heterocycles. The lowest BCUT2D eigenvalue weighted by Crippen LogP contribution is -2.51. The van der Waals surface area contributed by atoms with Crippen LogP contribution in [0.3, 0.4) is 0 Å². The van der Waals surface area contributed by atoms with Crippen molar-refractivity contribution in [2.75, 3.05) is 18.4 Å². The average molecular weight is 659 g/mol. The second kappa shape index (κ2) is 13.6. The maximum Gasteiger partial charge on any atom is 0.492 e. The number of halogens is 3. The van der Waals surface area contributed by atoms with E-state index >= 15 is 0 Å². The van der Waals surface area contributed by atoms with E-state index in [0.717, 1.165) is 30.5 Å². The van der Waals surface area contributed by atoms with Gasteiger partial charge in [-0.3, -0.25) is 14.4 Å². The van der Waals surface area contributed by atoms with Crippen LogP contribution in [0.25, 0.3) is 0 Å². The van der Waals surface area contributed by atoms with Gasteiger partial charge in [0.05, 0.1) is 17.2 Å². The molecular formula is C32H42BF3N6O5. The van der Waals surface area contributed by atoms with Gasteiger partial charge in [0.2, 0.25) is 17.7 Å². The molecule has 3 aliphatic heterocycles. The van der Waals surface area contributed by atoms with Crippen LogP contribution in [0.5, 0.6) is 0 Å². The fraction of sp³-hybridized carbons (Fsp3) is 0.531. The highest BCUT2D eigenvalue weighted by Crippen LogP contribution is 2.45. The molecule has 254 valence electrons. The zero-order valence-corrected chi connectivity index (χ0v) is 26.4. The van der Waals surface area contributed by atoms with Crippen LogP contribution in [0.4, 0.5) is 18.9 Å². The number of carbonyl (C=O) groups is 3. The molecule has 0 aliphatic carbocycles. The van der Waals surface area contributed by atoms with E-state index in [0.29, 0.717) is 29.8 Å². The van der Waals surface area contributed by atoms with Gasteiger partial charge >= 0.3 is 13.3 Å². The molecule has 0 spiro atoms. The Labute approximate surface area is 271 Å². The van der Waals surface area contributed by atoms with Gasteiger partial charge in [0, 0.05) is 30.6 Å². The topological polar surface area (TPSA) is 186 Å². The molecule has 2 aromatic carbocycles. The van der Waals surface area contributed by atoms with Gasteiger partial charge in [0.1, 0.15) is 6.04 Å². The van der Waals surface area contributed by atoms with E-state index in [9.17, 15) is 32.6 Å². The number of nitrogens with zero attached hydrogens (tertiary/aromatic N) is 1. The van der Waals surface area contributed by atoms with Gasteiger partial charge < -0.3 is 42.4 Å². The minimum atomic E-state index is -4.53. The Morgan fingerprint density at radius 2 is 1.66 bits per heavy atom. The van der Waals surface area contributed by atoms with Crippen LogP contribution in [0.2, 0.25) is 0 Å². The maximum atomic E-state index is 13.5. The van der Waals surface area contributed by atoms with Crippen molar-refractivity contribution in [1.29, 1.82) is 0 Å². The number of fused-ring (bicyclic) bond motifs is 3. The molecule has 0 radical (unpaired) electrons. The lowest BCUT2D eigenvalue weighted by molar-refractivity contribution is -0.137. The molecule has 3 aliphatic rings. The Morgan fingerprint density at radius 3 is 2.23 bits per heavy atom. The summed E-state index contributed by atoms with van der Waals surface area (Å²) in [5.41, 5.74) is 18.5. The molecule has 11 nitrogen and oxygen atoms in total. The molecule has 2 aromatic rings. The van der Waals surface area contributed by atoms with E-state index in [1.54, 1.807) is 32.0 Å².